The van der Waals surface area contributed by atoms with E-state index in [0.29, 0.717) is 15.5 Å². The normalized spacial score (nSPS) is 13.6. The number of aromatic nitrogens is 5. The lowest BCUT2D eigenvalue weighted by Crippen LogP contribution is -2.29. The maximum Gasteiger partial charge on any atom is 0.323 e. The lowest BCUT2D eigenvalue weighted by Gasteiger charge is -2.14. The summed E-state index contributed by atoms with van der Waals surface area (Å²) >= 11 is 0. The first-order chi connectivity index (χ1) is 10.8. The summed E-state index contributed by atoms with van der Waals surface area (Å²) in [4.78, 5) is 3.62. The van der Waals surface area contributed by atoms with Crippen LogP contribution in [0.4, 0.5) is 0 Å². The van der Waals surface area contributed by atoms with Gasteiger partial charge in [-0.2, -0.15) is 30.3 Å². The van der Waals surface area contributed by atoms with Crippen molar-refractivity contribution in [2.75, 3.05) is 14.1 Å². The van der Waals surface area contributed by atoms with Crippen molar-refractivity contribution in [3.63, 3.8) is 0 Å². The zero-order valence-electron chi connectivity index (χ0n) is 14.3. The van der Waals surface area contributed by atoms with Crippen LogP contribution in [0.3, 0.4) is 0 Å². The van der Waals surface area contributed by atoms with Crippen LogP contribution in [0.15, 0.2) is 17.6 Å². The van der Waals surface area contributed by atoms with E-state index in [1.165, 1.54) is 14.1 Å². The lowest BCUT2D eigenvalue weighted by molar-refractivity contribution is 0.502. The summed E-state index contributed by atoms with van der Waals surface area (Å²) in [5.74, 6) is 0. The molecule has 0 bridgehead atoms. The molecule has 0 unspecified atom stereocenters. The minimum absolute atomic E-state index is 0.341. The first-order valence-corrected chi connectivity index (χ1v) is 9.79. The average Bonchev–Trinajstić information content (AvgIpc) is 3.04. The summed E-state index contributed by atoms with van der Waals surface area (Å²) in [6.07, 6.45) is 0.839. The smallest absolute Gasteiger partial charge is 0.203 e. The fourth-order valence-corrected chi connectivity index (χ4v) is 3.66. The summed E-state index contributed by atoms with van der Waals surface area (Å²) in [7, 11) is -5.53. The molecule has 2 rings (SSSR count). The van der Waals surface area contributed by atoms with E-state index in [1.807, 2.05) is 20.8 Å². The van der Waals surface area contributed by atoms with Crippen LogP contribution in [-0.2, 0) is 25.6 Å². The van der Waals surface area contributed by atoms with Gasteiger partial charge in [0.1, 0.15) is 6.33 Å². The number of hydrogen-bond donors (Lipinski definition) is 0. The van der Waals surface area contributed by atoms with Crippen LogP contribution in [0.1, 0.15) is 32.2 Å². The Bertz CT molecular complexity index is 964. The zero-order chi connectivity index (χ0) is 18.5. The molecule has 0 spiro atoms. The van der Waals surface area contributed by atoms with Gasteiger partial charge in [-0.05, 0) is 13.0 Å². The number of hydrogen-bond acceptors (Lipinski definition) is 7. The number of aryl methyl sites for hydroxylation is 1. The van der Waals surface area contributed by atoms with Crippen molar-refractivity contribution in [3.8, 4) is 0 Å². The predicted octanol–water partition coefficient (Wildman–Crippen LogP) is -0.0280. The highest BCUT2D eigenvalue weighted by Crippen LogP contribution is 2.23. The van der Waals surface area contributed by atoms with Crippen molar-refractivity contribution >= 4 is 20.2 Å². The van der Waals surface area contributed by atoms with Gasteiger partial charge in [0.2, 0.25) is 0 Å². The van der Waals surface area contributed by atoms with E-state index in [1.54, 1.807) is 13.0 Å². The van der Waals surface area contributed by atoms with Crippen LogP contribution in [0.25, 0.3) is 0 Å². The van der Waals surface area contributed by atoms with Gasteiger partial charge < -0.3 is 0 Å². The Morgan fingerprint density at radius 3 is 2.12 bits per heavy atom. The van der Waals surface area contributed by atoms with E-state index in [4.69, 9.17) is 0 Å². The molecule has 0 aliphatic carbocycles. The molecular weight excluding hydrogens is 356 g/mol. The molecule has 0 radical (unpaired) electrons. The van der Waals surface area contributed by atoms with Crippen molar-refractivity contribution in [1.29, 1.82) is 0 Å². The van der Waals surface area contributed by atoms with E-state index in [2.05, 4.69) is 15.2 Å². The average molecular weight is 376 g/mol. The fraction of sp³-hybridized carbons (Fsp3) is 0.583. The van der Waals surface area contributed by atoms with Gasteiger partial charge in [-0.15, -0.1) is 9.19 Å². The Labute approximate surface area is 141 Å². The molecule has 0 aliphatic rings. The van der Waals surface area contributed by atoms with Gasteiger partial charge in [0.25, 0.3) is 5.16 Å². The SMILES string of the molecule is Cc1cc(C(C)(C)C)nn1S(=O)(=O)c1ncn(S(=O)(=O)N(C)C)n1. The van der Waals surface area contributed by atoms with Crippen molar-refractivity contribution in [1.82, 2.24) is 27.7 Å². The van der Waals surface area contributed by atoms with Crippen LogP contribution >= 0.6 is 0 Å². The summed E-state index contributed by atoms with van der Waals surface area (Å²) in [5.41, 5.74) is 0.628. The van der Waals surface area contributed by atoms with Gasteiger partial charge in [0.05, 0.1) is 11.4 Å². The van der Waals surface area contributed by atoms with E-state index < -0.39 is 25.4 Å². The van der Waals surface area contributed by atoms with Gasteiger partial charge in [-0.3, -0.25) is 0 Å². The molecule has 0 saturated heterocycles. The molecule has 0 N–H and O–H groups in total. The first kappa shape index (κ1) is 18.5. The summed E-state index contributed by atoms with van der Waals surface area (Å²) in [6, 6.07) is 1.66. The second-order valence-corrected chi connectivity index (χ2v) is 10.1. The summed E-state index contributed by atoms with van der Waals surface area (Å²) in [6.45, 7) is 7.31. The van der Waals surface area contributed by atoms with Gasteiger partial charge in [-0.25, -0.2) is 4.98 Å². The van der Waals surface area contributed by atoms with Crippen LogP contribution in [0.2, 0.25) is 0 Å². The molecule has 0 saturated carbocycles. The van der Waals surface area contributed by atoms with E-state index in [-0.39, 0.29) is 5.41 Å². The van der Waals surface area contributed by atoms with E-state index in [0.717, 1.165) is 14.7 Å². The molecule has 0 amide bonds. The molecule has 12 heteroatoms. The Hall–Kier alpha value is -1.79. The molecule has 0 aliphatic heterocycles. The third kappa shape index (κ3) is 3.08. The topological polar surface area (TPSA) is 120 Å². The highest BCUT2D eigenvalue weighted by molar-refractivity contribution is 7.89. The van der Waals surface area contributed by atoms with Crippen LogP contribution in [0.5, 0.6) is 0 Å². The number of rotatable bonds is 4. The highest BCUT2D eigenvalue weighted by atomic mass is 32.2. The second-order valence-electron chi connectivity index (χ2n) is 6.46. The largest absolute Gasteiger partial charge is 0.323 e. The van der Waals surface area contributed by atoms with Gasteiger partial charge >= 0.3 is 20.2 Å². The third-order valence-corrected chi connectivity index (χ3v) is 6.27. The molecule has 0 fully saturated rings. The highest BCUT2D eigenvalue weighted by Gasteiger charge is 2.30. The van der Waals surface area contributed by atoms with Crippen LogP contribution < -0.4 is 0 Å². The van der Waals surface area contributed by atoms with Gasteiger partial charge in [0.15, 0.2) is 0 Å². The van der Waals surface area contributed by atoms with Crippen LogP contribution in [0, 0.1) is 6.92 Å². The molecule has 2 aromatic heterocycles. The lowest BCUT2D eigenvalue weighted by atomic mass is 9.92. The summed E-state index contributed by atoms with van der Waals surface area (Å²) < 4.78 is 51.5. The second kappa shape index (κ2) is 5.63. The van der Waals surface area contributed by atoms with Crippen molar-refractivity contribution < 1.29 is 16.8 Å². The predicted molar refractivity (Wildman–Crippen MR) is 86.3 cm³/mol. The minimum atomic E-state index is -4.19. The zero-order valence-corrected chi connectivity index (χ0v) is 15.9. The van der Waals surface area contributed by atoms with Crippen molar-refractivity contribution in [3.05, 3.63) is 23.8 Å². The van der Waals surface area contributed by atoms with Gasteiger partial charge in [0, 0.05) is 19.5 Å². The molecule has 2 aromatic rings. The Kier molecular flexibility index (Phi) is 4.35. The van der Waals surface area contributed by atoms with E-state index >= 15 is 0 Å². The van der Waals surface area contributed by atoms with E-state index in [9.17, 15) is 16.8 Å². The van der Waals surface area contributed by atoms with Gasteiger partial charge in [-0.1, -0.05) is 20.8 Å². The Morgan fingerprint density at radius 1 is 1.08 bits per heavy atom. The summed E-state index contributed by atoms with van der Waals surface area (Å²) in [5, 5.41) is 7.07. The molecule has 10 nitrogen and oxygen atoms in total. The molecule has 2 heterocycles. The Balaban J connectivity index is 2.54. The molecular formula is C12H20N6O4S2. The third-order valence-electron chi connectivity index (χ3n) is 3.22. The standard InChI is InChI=1S/C12H20N6O4S2/c1-9-7-10(12(2,3)4)14-18(9)23(19,20)11-13-8-17(15-11)24(21,22)16(5)6/h7-8H,1-6H3. The quantitative estimate of drug-likeness (QED) is 0.735. The molecule has 134 valence electrons. The van der Waals surface area contributed by atoms with Crippen molar-refractivity contribution in [2.24, 2.45) is 0 Å². The molecule has 24 heavy (non-hydrogen) atoms. The first-order valence-electron chi connectivity index (χ1n) is 6.95. The van der Waals surface area contributed by atoms with Crippen molar-refractivity contribution in [2.45, 2.75) is 38.3 Å². The minimum Gasteiger partial charge on any atom is -0.203 e. The molecule has 0 aromatic carbocycles. The maximum absolute atomic E-state index is 12.7. The number of nitrogens with zero attached hydrogens (tertiary/aromatic N) is 6. The molecule has 0 atom stereocenters. The van der Waals surface area contributed by atoms with Crippen LogP contribution in [-0.4, -0.2) is 58.6 Å². The fourth-order valence-electron chi connectivity index (χ4n) is 1.78. The Morgan fingerprint density at radius 2 is 1.67 bits per heavy atom. The monoisotopic (exact) mass is 376 g/mol. The maximum atomic E-state index is 12.7.